The number of nitriles is 1. The second-order valence-electron chi connectivity index (χ2n) is 6.80. The number of nitrogens with zero attached hydrogens (tertiary/aromatic N) is 1. The molecule has 1 atom stereocenters. The van der Waals surface area contributed by atoms with E-state index in [9.17, 15) is 0 Å². The molecule has 1 unspecified atom stereocenters. The van der Waals surface area contributed by atoms with Crippen molar-refractivity contribution in [3.8, 4) is 6.07 Å². The van der Waals surface area contributed by atoms with Crippen molar-refractivity contribution < 1.29 is 21.4 Å². The van der Waals surface area contributed by atoms with Gasteiger partial charge in [-0.05, 0) is 48.5 Å². The Labute approximate surface area is 187 Å². The molecule has 0 saturated carbocycles. The smallest absolute Gasteiger partial charge is 0.244 e. The highest BCUT2D eigenvalue weighted by atomic mass is 79.9. The summed E-state index contributed by atoms with van der Waals surface area (Å²) in [4.78, 5) is 0. The van der Waals surface area contributed by atoms with Crippen LogP contribution in [0.15, 0.2) is 115 Å². The SMILES string of the molecule is N#Cc1ccc(C(F)[P+](c2ccccc2)(c2ccccc2)c2ccccc2)cc1.[Br-]. The molecular weight excluding hydrogens is 456 g/mol. The van der Waals surface area contributed by atoms with Crippen LogP contribution in [-0.4, -0.2) is 0 Å². The zero-order chi connectivity index (χ0) is 20.1. The van der Waals surface area contributed by atoms with Gasteiger partial charge in [-0.15, -0.1) is 0 Å². The first-order chi connectivity index (χ1) is 14.3. The molecule has 4 aromatic carbocycles. The third-order valence-corrected chi connectivity index (χ3v) is 9.46. The first kappa shape index (κ1) is 21.9. The fraction of sp³-hybridized carbons (Fsp3) is 0.0385. The minimum absolute atomic E-state index is 0. The highest BCUT2D eigenvalue weighted by Gasteiger charge is 2.53. The lowest BCUT2D eigenvalue weighted by Gasteiger charge is -2.30. The Morgan fingerprint density at radius 3 is 1.30 bits per heavy atom. The molecule has 0 aliphatic carbocycles. The third-order valence-electron chi connectivity index (χ3n) is 5.15. The van der Waals surface area contributed by atoms with Crippen molar-refractivity contribution in [2.45, 2.75) is 5.91 Å². The minimum atomic E-state index is -2.64. The maximum absolute atomic E-state index is 16.7. The fourth-order valence-electron chi connectivity index (χ4n) is 3.77. The molecule has 0 bridgehead atoms. The predicted octanol–water partition coefficient (Wildman–Crippen LogP) is 2.52. The number of hydrogen-bond acceptors (Lipinski definition) is 1. The summed E-state index contributed by atoms with van der Waals surface area (Å²) in [7, 11) is -2.64. The lowest BCUT2D eigenvalue weighted by Crippen LogP contribution is -3.00. The molecule has 0 aromatic heterocycles. The van der Waals surface area contributed by atoms with E-state index in [0.29, 0.717) is 11.1 Å². The van der Waals surface area contributed by atoms with Gasteiger partial charge >= 0.3 is 0 Å². The van der Waals surface area contributed by atoms with Gasteiger partial charge in [0.15, 0.2) is 7.26 Å². The predicted molar refractivity (Wildman–Crippen MR) is 120 cm³/mol. The van der Waals surface area contributed by atoms with Gasteiger partial charge in [0.25, 0.3) is 0 Å². The van der Waals surface area contributed by atoms with E-state index >= 15 is 4.39 Å². The van der Waals surface area contributed by atoms with Gasteiger partial charge in [-0.3, -0.25) is 0 Å². The van der Waals surface area contributed by atoms with Crippen LogP contribution >= 0.6 is 7.26 Å². The molecule has 0 radical (unpaired) electrons. The van der Waals surface area contributed by atoms with Gasteiger partial charge in [-0.2, -0.15) is 9.65 Å². The molecule has 0 spiro atoms. The van der Waals surface area contributed by atoms with Gasteiger partial charge < -0.3 is 17.0 Å². The van der Waals surface area contributed by atoms with Gasteiger partial charge in [0.05, 0.1) is 11.6 Å². The first-order valence-electron chi connectivity index (χ1n) is 9.46. The van der Waals surface area contributed by atoms with E-state index in [4.69, 9.17) is 5.26 Å². The Hall–Kier alpha value is -2.79. The third kappa shape index (κ3) is 3.94. The number of hydrogen-bond donors (Lipinski definition) is 0. The van der Waals surface area contributed by atoms with Gasteiger partial charge in [0, 0.05) is 5.56 Å². The minimum Gasteiger partial charge on any atom is -1.00 e. The normalized spacial score (nSPS) is 11.7. The molecule has 0 aliphatic heterocycles. The van der Waals surface area contributed by atoms with Gasteiger partial charge in [-0.25, -0.2) is 0 Å². The Kier molecular flexibility index (Phi) is 7.16. The van der Waals surface area contributed by atoms with E-state index < -0.39 is 13.2 Å². The van der Waals surface area contributed by atoms with Crippen LogP contribution in [-0.2, 0) is 0 Å². The summed E-state index contributed by atoms with van der Waals surface area (Å²) in [6, 6.07) is 38.9. The summed E-state index contributed by atoms with van der Waals surface area (Å²) < 4.78 is 16.7. The monoisotopic (exact) mass is 475 g/mol. The van der Waals surface area contributed by atoms with Crippen LogP contribution in [0.25, 0.3) is 0 Å². The molecule has 0 heterocycles. The van der Waals surface area contributed by atoms with Crippen LogP contribution in [0, 0.1) is 11.3 Å². The van der Waals surface area contributed by atoms with Crippen LogP contribution in [0.3, 0.4) is 0 Å². The van der Waals surface area contributed by atoms with Crippen molar-refractivity contribution in [2.75, 3.05) is 0 Å². The number of alkyl halides is 1. The van der Waals surface area contributed by atoms with E-state index in [-0.39, 0.29) is 17.0 Å². The molecule has 4 aromatic rings. The second-order valence-corrected chi connectivity index (χ2v) is 10.2. The van der Waals surface area contributed by atoms with E-state index in [2.05, 4.69) is 6.07 Å². The number of rotatable bonds is 5. The Morgan fingerprint density at radius 1 is 0.600 bits per heavy atom. The summed E-state index contributed by atoms with van der Waals surface area (Å²) in [6.07, 6.45) is 0. The van der Waals surface area contributed by atoms with E-state index in [1.165, 1.54) is 0 Å². The van der Waals surface area contributed by atoms with Crippen LogP contribution in [0.5, 0.6) is 0 Å². The van der Waals surface area contributed by atoms with Crippen LogP contribution in [0.1, 0.15) is 17.0 Å². The standard InChI is InChI=1S/C26H20FNP.BrH/c27-26(22-18-16-21(20-28)17-19-22)29(23-10-4-1-5-11-23,24-12-6-2-7-13-24)25-14-8-3-9-15-25;/h1-19,26H;1H/q+1;/p-1. The lowest BCUT2D eigenvalue weighted by atomic mass is 10.2. The molecule has 30 heavy (non-hydrogen) atoms. The van der Waals surface area contributed by atoms with Crippen molar-refractivity contribution in [3.05, 3.63) is 126 Å². The van der Waals surface area contributed by atoms with E-state index in [0.717, 1.165) is 15.9 Å². The molecule has 0 amide bonds. The Balaban J connectivity index is 0.00000256. The maximum atomic E-state index is 16.7. The molecule has 0 N–H and O–H groups in total. The molecule has 0 aliphatic rings. The van der Waals surface area contributed by atoms with Gasteiger partial charge in [-0.1, -0.05) is 66.7 Å². The fourth-order valence-corrected chi connectivity index (χ4v) is 8.00. The quantitative estimate of drug-likeness (QED) is 0.407. The molecule has 4 rings (SSSR count). The van der Waals surface area contributed by atoms with Crippen molar-refractivity contribution in [3.63, 3.8) is 0 Å². The van der Waals surface area contributed by atoms with E-state index in [1.54, 1.807) is 24.3 Å². The summed E-state index contributed by atoms with van der Waals surface area (Å²) in [5, 5.41) is 12.1. The van der Waals surface area contributed by atoms with Crippen LogP contribution < -0.4 is 32.9 Å². The van der Waals surface area contributed by atoms with Gasteiger partial charge in [0.1, 0.15) is 15.9 Å². The summed E-state index contributed by atoms with van der Waals surface area (Å²) in [5.74, 6) is -1.23. The Morgan fingerprint density at radius 2 is 0.967 bits per heavy atom. The molecule has 1 nitrogen and oxygen atoms in total. The van der Waals surface area contributed by atoms with Crippen LogP contribution in [0.2, 0.25) is 0 Å². The highest BCUT2D eigenvalue weighted by Crippen LogP contribution is 2.67. The first-order valence-corrected chi connectivity index (χ1v) is 11.3. The van der Waals surface area contributed by atoms with Crippen molar-refractivity contribution in [1.82, 2.24) is 0 Å². The molecular formula is C26H20BrFNP. The zero-order valence-corrected chi connectivity index (χ0v) is 18.7. The average Bonchev–Trinajstić information content (AvgIpc) is 2.82. The summed E-state index contributed by atoms with van der Waals surface area (Å²) >= 11 is 0. The second kappa shape index (κ2) is 9.81. The Bertz CT molecular complexity index is 1010. The van der Waals surface area contributed by atoms with Crippen molar-refractivity contribution in [2.24, 2.45) is 0 Å². The number of halogens is 2. The van der Waals surface area contributed by atoms with E-state index in [1.807, 2.05) is 91.0 Å². The topological polar surface area (TPSA) is 23.8 Å². The van der Waals surface area contributed by atoms with Crippen LogP contribution in [0.4, 0.5) is 4.39 Å². The van der Waals surface area contributed by atoms with Crippen molar-refractivity contribution >= 4 is 23.2 Å². The zero-order valence-electron chi connectivity index (χ0n) is 16.2. The maximum Gasteiger partial charge on any atom is 0.244 e. The summed E-state index contributed by atoms with van der Waals surface area (Å²) in [5.41, 5.74) is 1.12. The van der Waals surface area contributed by atoms with Crippen molar-refractivity contribution in [1.29, 1.82) is 5.26 Å². The molecule has 4 heteroatoms. The molecule has 148 valence electrons. The highest BCUT2D eigenvalue weighted by molar-refractivity contribution is 7.95. The summed E-state index contributed by atoms with van der Waals surface area (Å²) in [6.45, 7) is 0. The largest absolute Gasteiger partial charge is 1.00 e. The van der Waals surface area contributed by atoms with Gasteiger partial charge in [0.2, 0.25) is 5.91 Å². The molecule has 0 saturated heterocycles. The number of benzene rings is 4. The molecule has 0 fully saturated rings. The average molecular weight is 476 g/mol. The lowest BCUT2D eigenvalue weighted by molar-refractivity contribution is -0.00000632.